The van der Waals surface area contributed by atoms with Gasteiger partial charge in [0.05, 0.1) is 12.7 Å². The van der Waals surface area contributed by atoms with E-state index in [1.807, 2.05) is 12.1 Å². The van der Waals surface area contributed by atoms with Crippen LogP contribution in [0.15, 0.2) is 22.8 Å². The molecule has 0 aliphatic carbocycles. The van der Waals surface area contributed by atoms with E-state index in [2.05, 4.69) is 12.2 Å². The van der Waals surface area contributed by atoms with Gasteiger partial charge in [-0.3, -0.25) is 4.79 Å². The summed E-state index contributed by atoms with van der Waals surface area (Å²) in [5, 5.41) is 3.37. The fraction of sp³-hybridized carbons (Fsp3) is 0.643. The molecule has 2 heterocycles. The van der Waals surface area contributed by atoms with E-state index < -0.39 is 0 Å². The summed E-state index contributed by atoms with van der Waals surface area (Å²) < 4.78 is 5.28. The van der Waals surface area contributed by atoms with E-state index in [0.717, 1.165) is 44.5 Å². The molecule has 1 aliphatic rings. The van der Waals surface area contributed by atoms with Crippen molar-refractivity contribution >= 4 is 5.78 Å². The molecule has 0 spiro atoms. The van der Waals surface area contributed by atoms with Crippen LogP contribution in [0.25, 0.3) is 0 Å². The zero-order valence-electron chi connectivity index (χ0n) is 10.5. The molecule has 0 radical (unpaired) electrons. The predicted molar refractivity (Wildman–Crippen MR) is 66.9 cm³/mol. The standard InChI is InChI=1S/C14H21NO2/c1-2-6-14(7-4-8-15-11-14)13(16)10-12-5-3-9-17-12/h3,5,9,15H,2,4,6-8,10-11H2,1H3. The Labute approximate surface area is 103 Å². The summed E-state index contributed by atoms with van der Waals surface area (Å²) >= 11 is 0. The maximum absolute atomic E-state index is 12.5. The molecule has 0 saturated carbocycles. The van der Waals surface area contributed by atoms with E-state index in [9.17, 15) is 4.79 Å². The first-order valence-corrected chi connectivity index (χ1v) is 6.53. The molecule has 94 valence electrons. The average molecular weight is 235 g/mol. The highest BCUT2D eigenvalue weighted by atomic mass is 16.3. The molecule has 1 N–H and O–H groups in total. The van der Waals surface area contributed by atoms with E-state index in [1.165, 1.54) is 0 Å². The van der Waals surface area contributed by atoms with Crippen molar-refractivity contribution in [2.24, 2.45) is 5.41 Å². The molecule has 0 amide bonds. The number of hydrogen-bond acceptors (Lipinski definition) is 3. The van der Waals surface area contributed by atoms with Gasteiger partial charge in [0.25, 0.3) is 0 Å². The topological polar surface area (TPSA) is 42.2 Å². The van der Waals surface area contributed by atoms with Crippen LogP contribution in [-0.4, -0.2) is 18.9 Å². The third kappa shape index (κ3) is 2.78. The van der Waals surface area contributed by atoms with E-state index in [-0.39, 0.29) is 5.41 Å². The first-order valence-electron chi connectivity index (χ1n) is 6.53. The number of hydrogen-bond donors (Lipinski definition) is 1. The molecule has 3 heteroatoms. The average Bonchev–Trinajstić information content (AvgIpc) is 2.83. The van der Waals surface area contributed by atoms with Crippen molar-refractivity contribution in [2.75, 3.05) is 13.1 Å². The highest BCUT2D eigenvalue weighted by molar-refractivity contribution is 5.86. The zero-order chi connectivity index (χ0) is 12.1. The third-order valence-corrected chi connectivity index (χ3v) is 3.71. The molecular weight excluding hydrogens is 214 g/mol. The van der Waals surface area contributed by atoms with Gasteiger partial charge in [0.1, 0.15) is 11.5 Å². The molecule has 1 saturated heterocycles. The van der Waals surface area contributed by atoms with Gasteiger partial charge in [0.2, 0.25) is 0 Å². The van der Waals surface area contributed by atoms with E-state index in [0.29, 0.717) is 12.2 Å². The Morgan fingerprint density at radius 2 is 2.47 bits per heavy atom. The number of Topliss-reactive ketones (excluding diaryl/α,β-unsaturated/α-hetero) is 1. The number of carbonyl (C=O) groups is 1. The van der Waals surface area contributed by atoms with Gasteiger partial charge in [-0.15, -0.1) is 0 Å². The molecular formula is C14H21NO2. The zero-order valence-corrected chi connectivity index (χ0v) is 10.5. The fourth-order valence-corrected chi connectivity index (χ4v) is 2.80. The molecule has 1 aromatic heterocycles. The maximum Gasteiger partial charge on any atom is 0.147 e. The number of rotatable bonds is 5. The molecule has 17 heavy (non-hydrogen) atoms. The van der Waals surface area contributed by atoms with E-state index in [4.69, 9.17) is 4.42 Å². The van der Waals surface area contributed by atoms with Gasteiger partial charge in [0, 0.05) is 12.0 Å². The van der Waals surface area contributed by atoms with Crippen molar-refractivity contribution in [3.8, 4) is 0 Å². The molecule has 1 aromatic rings. The smallest absolute Gasteiger partial charge is 0.147 e. The monoisotopic (exact) mass is 235 g/mol. The van der Waals surface area contributed by atoms with Gasteiger partial charge in [0.15, 0.2) is 0 Å². The second-order valence-electron chi connectivity index (χ2n) is 4.99. The Morgan fingerprint density at radius 3 is 3.06 bits per heavy atom. The Morgan fingerprint density at radius 1 is 1.59 bits per heavy atom. The van der Waals surface area contributed by atoms with Gasteiger partial charge >= 0.3 is 0 Å². The predicted octanol–water partition coefficient (Wildman–Crippen LogP) is 2.56. The summed E-state index contributed by atoms with van der Waals surface area (Å²) in [7, 11) is 0. The summed E-state index contributed by atoms with van der Waals surface area (Å²) in [5.74, 6) is 1.12. The second kappa shape index (κ2) is 5.50. The summed E-state index contributed by atoms with van der Waals surface area (Å²) in [6.45, 7) is 4.02. The highest BCUT2D eigenvalue weighted by Crippen LogP contribution is 2.33. The number of furan rings is 1. The quantitative estimate of drug-likeness (QED) is 0.853. The number of nitrogens with one attached hydrogen (secondary N) is 1. The van der Waals surface area contributed by atoms with Gasteiger partial charge in [-0.05, 0) is 37.9 Å². The van der Waals surface area contributed by atoms with Gasteiger partial charge in [-0.2, -0.15) is 0 Å². The first kappa shape index (κ1) is 12.4. The van der Waals surface area contributed by atoms with Crippen molar-refractivity contribution < 1.29 is 9.21 Å². The summed E-state index contributed by atoms with van der Waals surface area (Å²) in [6, 6.07) is 3.72. The van der Waals surface area contributed by atoms with Crippen molar-refractivity contribution in [1.82, 2.24) is 5.32 Å². The van der Waals surface area contributed by atoms with Crippen molar-refractivity contribution in [2.45, 2.75) is 39.0 Å². The van der Waals surface area contributed by atoms with Crippen LogP contribution in [0.2, 0.25) is 0 Å². The summed E-state index contributed by atoms with van der Waals surface area (Å²) in [5.41, 5.74) is -0.153. The van der Waals surface area contributed by atoms with Crippen LogP contribution in [0.3, 0.4) is 0 Å². The number of ketones is 1. The van der Waals surface area contributed by atoms with Gasteiger partial charge in [-0.25, -0.2) is 0 Å². The minimum absolute atomic E-state index is 0.153. The fourth-order valence-electron chi connectivity index (χ4n) is 2.80. The number of carbonyl (C=O) groups excluding carboxylic acids is 1. The molecule has 1 fully saturated rings. The Kier molecular flexibility index (Phi) is 4.00. The van der Waals surface area contributed by atoms with E-state index >= 15 is 0 Å². The van der Waals surface area contributed by atoms with Crippen LogP contribution in [0, 0.1) is 5.41 Å². The van der Waals surface area contributed by atoms with Crippen LogP contribution >= 0.6 is 0 Å². The second-order valence-corrected chi connectivity index (χ2v) is 4.99. The van der Waals surface area contributed by atoms with Crippen molar-refractivity contribution in [3.63, 3.8) is 0 Å². The lowest BCUT2D eigenvalue weighted by molar-refractivity contribution is -0.129. The maximum atomic E-state index is 12.5. The third-order valence-electron chi connectivity index (χ3n) is 3.71. The van der Waals surface area contributed by atoms with Crippen LogP contribution in [0.5, 0.6) is 0 Å². The Balaban J connectivity index is 2.06. The summed E-state index contributed by atoms with van der Waals surface area (Å²) in [6.07, 6.45) is 6.24. The highest BCUT2D eigenvalue weighted by Gasteiger charge is 2.38. The van der Waals surface area contributed by atoms with E-state index in [1.54, 1.807) is 6.26 Å². The van der Waals surface area contributed by atoms with Crippen molar-refractivity contribution in [3.05, 3.63) is 24.2 Å². The molecule has 0 bridgehead atoms. The Hall–Kier alpha value is -1.09. The number of piperidine rings is 1. The molecule has 1 unspecified atom stereocenters. The minimum Gasteiger partial charge on any atom is -0.469 e. The molecule has 0 aromatic carbocycles. The van der Waals surface area contributed by atoms with Crippen LogP contribution in [0.4, 0.5) is 0 Å². The molecule has 3 nitrogen and oxygen atoms in total. The lowest BCUT2D eigenvalue weighted by Crippen LogP contribution is -2.46. The lowest BCUT2D eigenvalue weighted by Gasteiger charge is -2.36. The minimum atomic E-state index is -0.153. The Bertz CT molecular complexity index is 345. The molecule has 1 aliphatic heterocycles. The largest absolute Gasteiger partial charge is 0.469 e. The first-order chi connectivity index (χ1) is 8.27. The van der Waals surface area contributed by atoms with Gasteiger partial charge in [-0.1, -0.05) is 13.3 Å². The van der Waals surface area contributed by atoms with Crippen LogP contribution in [0.1, 0.15) is 38.4 Å². The molecule has 2 rings (SSSR count). The van der Waals surface area contributed by atoms with Gasteiger partial charge < -0.3 is 9.73 Å². The van der Waals surface area contributed by atoms with Crippen LogP contribution < -0.4 is 5.32 Å². The van der Waals surface area contributed by atoms with Crippen molar-refractivity contribution in [1.29, 1.82) is 0 Å². The lowest BCUT2D eigenvalue weighted by atomic mass is 9.72. The summed E-state index contributed by atoms with van der Waals surface area (Å²) in [4.78, 5) is 12.5. The van der Waals surface area contributed by atoms with Crippen LogP contribution in [-0.2, 0) is 11.2 Å². The SMILES string of the molecule is CCCC1(C(=O)Cc2ccco2)CCCNC1. The molecule has 1 atom stereocenters. The normalized spacial score (nSPS) is 24.8.